The Kier molecular flexibility index (Phi) is 24.4. The van der Waals surface area contributed by atoms with Crippen molar-refractivity contribution in [3.8, 4) is 0 Å². The van der Waals surface area contributed by atoms with Crippen LogP contribution in [0.3, 0.4) is 0 Å². The van der Waals surface area contributed by atoms with E-state index in [2.05, 4.69) is 50.4 Å². The molecule has 0 spiro atoms. The van der Waals surface area contributed by atoms with E-state index in [-0.39, 0.29) is 14.9 Å². The van der Waals surface area contributed by atoms with Gasteiger partial charge in [0.05, 0.1) is 12.4 Å². The molecule has 32 heavy (non-hydrogen) atoms. The lowest BCUT2D eigenvalue weighted by atomic mass is 10.5. The van der Waals surface area contributed by atoms with Gasteiger partial charge in [-0.2, -0.15) is 10.1 Å². The maximum Gasteiger partial charge on any atom is 0.244 e. The molecule has 11 heteroatoms. The molecule has 0 amide bonds. The van der Waals surface area contributed by atoms with Gasteiger partial charge >= 0.3 is 0 Å². The number of nitrogens with two attached hydrogens (primary N) is 1. The van der Waals surface area contributed by atoms with Crippen molar-refractivity contribution in [2.45, 2.75) is 49.5 Å². The Bertz CT molecular complexity index is 725. The maximum absolute atomic E-state index is 5.15. The summed E-state index contributed by atoms with van der Waals surface area (Å²) < 4.78 is 0. The number of H-pyrrole nitrogens is 2. The van der Waals surface area contributed by atoms with Crippen molar-refractivity contribution in [2.24, 2.45) is 25.7 Å². The third kappa shape index (κ3) is 19.7. The smallest absolute Gasteiger partial charge is 0.244 e. The Morgan fingerprint density at radius 3 is 2.19 bits per heavy atom. The van der Waals surface area contributed by atoms with Crippen LogP contribution in [-0.2, 0) is 0 Å². The maximum atomic E-state index is 5.15. The first kappa shape index (κ1) is 33.0. The fourth-order valence-corrected chi connectivity index (χ4v) is 1.77. The van der Waals surface area contributed by atoms with Crippen LogP contribution < -0.4 is 11.1 Å². The Morgan fingerprint density at radius 1 is 1.12 bits per heavy atom. The predicted molar refractivity (Wildman–Crippen MR) is 139 cm³/mol. The van der Waals surface area contributed by atoms with Gasteiger partial charge in [-0.25, -0.2) is 20.1 Å². The van der Waals surface area contributed by atoms with Gasteiger partial charge in [0.15, 0.2) is 0 Å². The first-order chi connectivity index (χ1) is 14.6. The monoisotopic (exact) mass is 447 g/mol. The largest absolute Gasteiger partial charge is 0.388 e. The highest BCUT2D eigenvalue weighted by atomic mass is 15.2. The Hall–Kier alpha value is -3.63. The molecule has 0 atom stereocenters. The molecule has 0 aliphatic carbocycles. The van der Waals surface area contributed by atoms with Crippen LogP contribution in [0.15, 0.2) is 50.8 Å². The third-order valence-electron chi connectivity index (χ3n) is 2.82. The average Bonchev–Trinajstić information content (AvgIpc) is 3.48. The Morgan fingerprint density at radius 2 is 1.81 bits per heavy atom. The predicted octanol–water partition coefficient (Wildman–Crippen LogP) is 3.88. The number of imidazole rings is 1. The number of amidine groups is 2. The van der Waals surface area contributed by atoms with Crippen LogP contribution in [0.2, 0.25) is 0 Å². The number of hydrogen-bond donors (Lipinski definition) is 4. The molecule has 0 radical (unpaired) electrons. The van der Waals surface area contributed by atoms with Crippen molar-refractivity contribution in [1.29, 1.82) is 0 Å². The zero-order valence-electron chi connectivity index (χ0n) is 18.4. The van der Waals surface area contributed by atoms with Crippen LogP contribution in [0.1, 0.15) is 49.5 Å². The lowest BCUT2D eigenvalue weighted by Crippen LogP contribution is -2.15. The van der Waals surface area contributed by atoms with E-state index >= 15 is 0 Å². The van der Waals surface area contributed by atoms with E-state index < -0.39 is 0 Å². The molecular formula is C21H41N11. The van der Waals surface area contributed by atoms with Gasteiger partial charge in [0.1, 0.15) is 12.2 Å². The van der Waals surface area contributed by atoms with Crippen LogP contribution in [0.5, 0.6) is 0 Å². The van der Waals surface area contributed by atoms with Gasteiger partial charge in [0.25, 0.3) is 0 Å². The quantitative estimate of drug-likeness (QED) is 0.413. The number of nitrogens with zero attached hydrogens (tertiary/aromatic N) is 7. The number of aromatic amines is 2. The van der Waals surface area contributed by atoms with Crippen LogP contribution in [0.4, 0.5) is 11.9 Å². The van der Waals surface area contributed by atoms with Crippen molar-refractivity contribution < 1.29 is 0 Å². The summed E-state index contributed by atoms with van der Waals surface area (Å²) in [7, 11) is 0. The molecule has 0 bridgehead atoms. The molecule has 0 unspecified atom stereocenters. The van der Waals surface area contributed by atoms with E-state index in [1.54, 1.807) is 31.7 Å². The summed E-state index contributed by atoms with van der Waals surface area (Å²) in [5, 5.41) is 9.29. The topological polar surface area (TPSA) is 158 Å². The first-order valence-corrected chi connectivity index (χ1v) is 9.56. The molecular weight excluding hydrogens is 406 g/mol. The molecule has 180 valence electrons. The van der Waals surface area contributed by atoms with Crippen LogP contribution in [0, 0.1) is 0 Å². The number of nitrogens with one attached hydrogen (secondary N) is 3. The second-order valence-corrected chi connectivity index (χ2v) is 5.31. The van der Waals surface area contributed by atoms with E-state index in [0.29, 0.717) is 17.7 Å². The highest BCUT2D eigenvalue weighted by Crippen LogP contribution is 1.97. The molecule has 2 aromatic heterocycles. The van der Waals surface area contributed by atoms with E-state index in [9.17, 15) is 0 Å². The normalized spacial score (nSPS) is 12.3. The second-order valence-electron chi connectivity index (χ2n) is 5.31. The minimum atomic E-state index is 0. The van der Waals surface area contributed by atoms with E-state index in [0.717, 1.165) is 25.5 Å². The van der Waals surface area contributed by atoms with Crippen molar-refractivity contribution >= 4 is 36.0 Å². The summed E-state index contributed by atoms with van der Waals surface area (Å²) >= 11 is 0. The van der Waals surface area contributed by atoms with Crippen LogP contribution >= 0.6 is 0 Å². The summed E-state index contributed by atoms with van der Waals surface area (Å²) in [6, 6.07) is 0. The van der Waals surface area contributed by atoms with Crippen molar-refractivity contribution in [1.82, 2.24) is 30.5 Å². The molecule has 0 saturated carbocycles. The molecule has 5 N–H and O–H groups in total. The minimum absolute atomic E-state index is 0. The number of aromatic nitrogens is 5. The van der Waals surface area contributed by atoms with Gasteiger partial charge < -0.3 is 16.0 Å². The second kappa shape index (κ2) is 23.6. The first-order valence-electron chi connectivity index (χ1n) is 9.56. The van der Waals surface area contributed by atoms with Gasteiger partial charge in [0, 0.05) is 37.9 Å². The summed E-state index contributed by atoms with van der Waals surface area (Å²) in [4.78, 5) is 26.1. The zero-order chi connectivity index (χ0) is 22.5. The standard InChI is InChI=1S/C6H10N2.C5H7N3.C4H6N4.C4H10N2.2CH4/c1-2-3-6-7-4-5-8-6;1-2-6-5-7-3-4-8-5;1-2-5-4-6-3-7-8-4;1-3-6-4(2)5;;/h2-3H,4-5H2,1H3,(H,7,8);2-4H,1H3,(H,7,8);2-3H,1H3,(H,6,7,8);3H2,1-2H3,(H2,5,6);2*1H4/b3-2+;;;;;. The Labute approximate surface area is 192 Å². The average molecular weight is 448 g/mol. The molecule has 0 aromatic carbocycles. The van der Waals surface area contributed by atoms with Crippen molar-refractivity contribution in [3.63, 3.8) is 0 Å². The molecule has 2 aromatic rings. The molecule has 0 saturated heterocycles. The lowest BCUT2D eigenvalue weighted by molar-refractivity contribution is 0.961. The van der Waals surface area contributed by atoms with E-state index in [1.807, 2.05) is 39.8 Å². The third-order valence-corrected chi connectivity index (χ3v) is 2.82. The Balaban J connectivity index is -0.000000346. The number of rotatable bonds is 4. The zero-order valence-corrected chi connectivity index (χ0v) is 18.4. The fourth-order valence-electron chi connectivity index (χ4n) is 1.77. The molecule has 0 fully saturated rings. The van der Waals surface area contributed by atoms with E-state index in [1.165, 1.54) is 6.33 Å². The van der Waals surface area contributed by atoms with Gasteiger partial charge in [-0.3, -0.25) is 9.98 Å². The number of aliphatic imine (C=N–C) groups is 4. The number of allylic oxidation sites excluding steroid dienone is 1. The van der Waals surface area contributed by atoms with Gasteiger partial charge in [-0.1, -0.05) is 20.9 Å². The van der Waals surface area contributed by atoms with Crippen molar-refractivity contribution in [3.05, 3.63) is 30.9 Å². The molecule has 3 rings (SSSR count). The number of hydrogen-bond acceptors (Lipinski definition) is 8. The van der Waals surface area contributed by atoms with Gasteiger partial charge in [-0.05, 0) is 40.7 Å². The summed E-state index contributed by atoms with van der Waals surface area (Å²) in [6.07, 6.45) is 12.1. The van der Waals surface area contributed by atoms with Gasteiger partial charge in [0.2, 0.25) is 11.9 Å². The SMILES string of the molecule is C.C.C/C=C/C1=NCCN1.CC=Nc1ncc[nH]1.CC=Nc1ncn[nH]1.CCN=C(C)N. The van der Waals surface area contributed by atoms with E-state index in [4.69, 9.17) is 5.73 Å². The summed E-state index contributed by atoms with van der Waals surface area (Å²) in [6.45, 7) is 12.1. The lowest BCUT2D eigenvalue weighted by Gasteiger charge is -1.89. The van der Waals surface area contributed by atoms with Crippen LogP contribution in [0.25, 0.3) is 0 Å². The summed E-state index contributed by atoms with van der Waals surface area (Å²) in [5.74, 6) is 2.89. The highest BCUT2D eigenvalue weighted by Gasteiger charge is 1.97. The van der Waals surface area contributed by atoms with Crippen molar-refractivity contribution in [2.75, 3.05) is 19.6 Å². The van der Waals surface area contributed by atoms with Gasteiger partial charge in [-0.15, -0.1) is 0 Å². The van der Waals surface area contributed by atoms with Crippen LogP contribution in [-0.4, -0.2) is 68.9 Å². The highest BCUT2D eigenvalue weighted by molar-refractivity contribution is 5.93. The fraction of sp³-hybridized carbons (Fsp3) is 0.476. The molecule has 11 nitrogen and oxygen atoms in total. The molecule has 1 aliphatic heterocycles. The minimum Gasteiger partial charge on any atom is -0.388 e. The molecule has 1 aliphatic rings. The molecule has 3 heterocycles. The summed E-state index contributed by atoms with van der Waals surface area (Å²) in [5.41, 5.74) is 5.15.